The van der Waals surface area contributed by atoms with E-state index in [1.807, 2.05) is 13.0 Å². The topological polar surface area (TPSA) is 87.6 Å². The number of aromatic carboxylic acids is 1. The van der Waals surface area contributed by atoms with Gasteiger partial charge >= 0.3 is 5.97 Å². The van der Waals surface area contributed by atoms with E-state index >= 15 is 0 Å². The normalized spacial score (nSPS) is 11.2. The number of carboxylic acid groups (broad SMARTS) is 1. The highest BCUT2D eigenvalue weighted by Gasteiger charge is 2.18. The predicted molar refractivity (Wildman–Crippen MR) is 83.4 cm³/mol. The van der Waals surface area contributed by atoms with Gasteiger partial charge in [0, 0.05) is 6.20 Å². The molecular weight excluding hydrogens is 304 g/mol. The van der Waals surface area contributed by atoms with E-state index in [2.05, 4.69) is 4.98 Å². The van der Waals surface area contributed by atoms with Crippen LogP contribution < -0.4 is 4.31 Å². The van der Waals surface area contributed by atoms with Crippen LogP contribution >= 0.6 is 0 Å². The van der Waals surface area contributed by atoms with Crippen LogP contribution in [-0.4, -0.2) is 30.7 Å². The Balaban J connectivity index is 2.34. The zero-order valence-corrected chi connectivity index (χ0v) is 13.0. The first-order chi connectivity index (χ1) is 10.3. The molecule has 1 aromatic heterocycles. The van der Waals surface area contributed by atoms with E-state index < -0.39 is 16.0 Å². The van der Waals surface area contributed by atoms with Gasteiger partial charge in [0.1, 0.15) is 0 Å². The largest absolute Gasteiger partial charge is 0.478 e. The number of carboxylic acids is 1. The van der Waals surface area contributed by atoms with Crippen LogP contribution in [0.2, 0.25) is 0 Å². The molecule has 0 unspecified atom stereocenters. The quantitative estimate of drug-likeness (QED) is 0.911. The van der Waals surface area contributed by atoms with Crippen LogP contribution in [0.1, 0.15) is 21.6 Å². The lowest BCUT2D eigenvalue weighted by Crippen LogP contribution is -2.29. The number of aromatic nitrogens is 1. The number of anilines is 1. The molecule has 0 aliphatic carbocycles. The van der Waals surface area contributed by atoms with Crippen molar-refractivity contribution in [2.45, 2.75) is 13.5 Å². The van der Waals surface area contributed by atoms with Crippen molar-refractivity contribution in [3.8, 4) is 0 Å². The fourth-order valence-electron chi connectivity index (χ4n) is 1.97. The minimum atomic E-state index is -3.48. The van der Waals surface area contributed by atoms with Gasteiger partial charge < -0.3 is 5.11 Å². The first-order valence-electron chi connectivity index (χ1n) is 6.50. The molecule has 1 aromatic carbocycles. The Bertz CT molecular complexity index is 785. The van der Waals surface area contributed by atoms with Gasteiger partial charge in [-0.15, -0.1) is 0 Å². The summed E-state index contributed by atoms with van der Waals surface area (Å²) in [5.41, 5.74) is 2.02. The molecule has 2 rings (SSSR count). The third-order valence-corrected chi connectivity index (χ3v) is 4.21. The molecule has 0 spiro atoms. The summed E-state index contributed by atoms with van der Waals surface area (Å²) in [6.07, 6.45) is 2.34. The molecule has 2 aromatic rings. The van der Waals surface area contributed by atoms with Gasteiger partial charge in [-0.2, -0.15) is 0 Å². The summed E-state index contributed by atoms with van der Waals surface area (Å²) >= 11 is 0. The molecule has 0 aliphatic heterocycles. The standard InChI is InChI=1S/C15H16N2O4S/c1-11-4-3-5-14(8-11)17(22(2,20)21)10-13-7-6-12(9-16-13)15(18)19/h3-9H,10H2,1-2H3,(H,18,19). The summed E-state index contributed by atoms with van der Waals surface area (Å²) in [6, 6.07) is 10.1. The monoisotopic (exact) mass is 320 g/mol. The number of hydrogen-bond acceptors (Lipinski definition) is 4. The summed E-state index contributed by atoms with van der Waals surface area (Å²) in [5.74, 6) is -1.07. The lowest BCUT2D eigenvalue weighted by molar-refractivity contribution is 0.0696. The molecule has 0 atom stereocenters. The number of hydrogen-bond donors (Lipinski definition) is 1. The van der Waals surface area contributed by atoms with E-state index in [1.54, 1.807) is 18.2 Å². The van der Waals surface area contributed by atoms with Crippen LogP contribution in [0.25, 0.3) is 0 Å². The second kappa shape index (κ2) is 6.15. The van der Waals surface area contributed by atoms with Crippen molar-refractivity contribution in [1.82, 2.24) is 4.98 Å². The van der Waals surface area contributed by atoms with E-state index in [0.29, 0.717) is 11.4 Å². The fourth-order valence-corrected chi connectivity index (χ4v) is 2.84. The highest BCUT2D eigenvalue weighted by molar-refractivity contribution is 7.92. The highest BCUT2D eigenvalue weighted by Crippen LogP contribution is 2.21. The molecule has 1 N–H and O–H groups in total. The molecule has 116 valence electrons. The summed E-state index contributed by atoms with van der Waals surface area (Å²) in [6.45, 7) is 1.92. The first-order valence-corrected chi connectivity index (χ1v) is 8.35. The molecule has 0 radical (unpaired) electrons. The third kappa shape index (κ3) is 3.82. The Hall–Kier alpha value is -2.41. The van der Waals surface area contributed by atoms with Crippen molar-refractivity contribution in [2.75, 3.05) is 10.6 Å². The van der Waals surface area contributed by atoms with Crippen molar-refractivity contribution < 1.29 is 18.3 Å². The Morgan fingerprint density at radius 3 is 2.50 bits per heavy atom. The molecule has 0 aliphatic rings. The van der Waals surface area contributed by atoms with Gasteiger partial charge in [-0.05, 0) is 36.8 Å². The summed E-state index contributed by atoms with van der Waals surface area (Å²) in [5, 5.41) is 8.85. The van der Waals surface area contributed by atoms with Crippen molar-refractivity contribution in [3.63, 3.8) is 0 Å². The molecule has 0 bridgehead atoms. The number of aryl methyl sites for hydroxylation is 1. The van der Waals surface area contributed by atoms with E-state index in [0.717, 1.165) is 11.8 Å². The van der Waals surface area contributed by atoms with Crippen LogP contribution in [0.4, 0.5) is 5.69 Å². The van der Waals surface area contributed by atoms with Crippen molar-refractivity contribution in [1.29, 1.82) is 0 Å². The maximum absolute atomic E-state index is 12.0. The van der Waals surface area contributed by atoms with E-state index in [-0.39, 0.29) is 12.1 Å². The van der Waals surface area contributed by atoms with Gasteiger partial charge in [0.2, 0.25) is 10.0 Å². The van der Waals surface area contributed by atoms with Gasteiger partial charge in [-0.25, -0.2) is 13.2 Å². The van der Waals surface area contributed by atoms with E-state index in [9.17, 15) is 13.2 Å². The Kier molecular flexibility index (Phi) is 4.46. The molecule has 1 heterocycles. The van der Waals surface area contributed by atoms with Gasteiger partial charge in [0.25, 0.3) is 0 Å². The highest BCUT2D eigenvalue weighted by atomic mass is 32.2. The molecular formula is C15H16N2O4S. The zero-order valence-electron chi connectivity index (χ0n) is 12.2. The molecule has 6 nitrogen and oxygen atoms in total. The fraction of sp³-hybridized carbons (Fsp3) is 0.200. The number of benzene rings is 1. The maximum Gasteiger partial charge on any atom is 0.337 e. The van der Waals surface area contributed by atoms with Crippen LogP contribution in [0.3, 0.4) is 0 Å². The van der Waals surface area contributed by atoms with Crippen LogP contribution in [0.15, 0.2) is 42.6 Å². The van der Waals surface area contributed by atoms with Gasteiger partial charge in [0.15, 0.2) is 0 Å². The first kappa shape index (κ1) is 16.0. The molecule has 0 saturated carbocycles. The van der Waals surface area contributed by atoms with Crippen LogP contribution in [0, 0.1) is 6.92 Å². The summed E-state index contributed by atoms with van der Waals surface area (Å²) in [4.78, 5) is 14.8. The van der Waals surface area contributed by atoms with Crippen LogP contribution in [0.5, 0.6) is 0 Å². The minimum Gasteiger partial charge on any atom is -0.478 e. The van der Waals surface area contributed by atoms with Gasteiger partial charge in [-0.3, -0.25) is 9.29 Å². The number of rotatable bonds is 5. The number of sulfonamides is 1. The van der Waals surface area contributed by atoms with E-state index in [1.165, 1.54) is 22.6 Å². The van der Waals surface area contributed by atoms with Crippen molar-refractivity contribution >= 4 is 21.7 Å². The summed E-state index contributed by atoms with van der Waals surface area (Å²) < 4.78 is 25.3. The maximum atomic E-state index is 12.0. The molecule has 7 heteroatoms. The van der Waals surface area contributed by atoms with E-state index in [4.69, 9.17) is 5.11 Å². The molecule has 0 amide bonds. The Labute approximate surface area is 129 Å². The predicted octanol–water partition coefficient (Wildman–Crippen LogP) is 2.05. The van der Waals surface area contributed by atoms with Crippen LogP contribution in [-0.2, 0) is 16.6 Å². The Morgan fingerprint density at radius 1 is 1.27 bits per heavy atom. The number of nitrogens with zero attached hydrogens (tertiary/aromatic N) is 2. The minimum absolute atomic E-state index is 0.0438. The second-order valence-corrected chi connectivity index (χ2v) is 6.86. The Morgan fingerprint density at radius 2 is 2.00 bits per heavy atom. The van der Waals surface area contributed by atoms with Crippen molar-refractivity contribution in [3.05, 3.63) is 59.4 Å². The van der Waals surface area contributed by atoms with Gasteiger partial charge in [-0.1, -0.05) is 12.1 Å². The molecule has 0 saturated heterocycles. The zero-order chi connectivity index (χ0) is 16.3. The average Bonchev–Trinajstić information content (AvgIpc) is 2.44. The number of carbonyl (C=O) groups is 1. The number of pyridine rings is 1. The summed E-state index contributed by atoms with van der Waals surface area (Å²) in [7, 11) is -3.48. The van der Waals surface area contributed by atoms with Gasteiger partial charge in [0.05, 0.1) is 29.7 Å². The lowest BCUT2D eigenvalue weighted by Gasteiger charge is -2.22. The smallest absolute Gasteiger partial charge is 0.337 e. The molecule has 0 fully saturated rings. The molecule has 22 heavy (non-hydrogen) atoms. The lowest BCUT2D eigenvalue weighted by atomic mass is 10.2. The average molecular weight is 320 g/mol. The second-order valence-electron chi connectivity index (χ2n) is 4.95. The SMILES string of the molecule is Cc1cccc(N(Cc2ccc(C(=O)O)cn2)S(C)(=O)=O)c1. The van der Waals surface area contributed by atoms with Crippen molar-refractivity contribution in [2.24, 2.45) is 0 Å². The third-order valence-electron chi connectivity index (χ3n) is 3.07.